The molecule has 0 aromatic heterocycles. The van der Waals surface area contributed by atoms with Crippen LogP contribution in [0, 0.1) is 0 Å². The molecule has 0 saturated heterocycles. The molecule has 1 N–H and O–H groups in total. The van der Waals surface area contributed by atoms with Crippen LogP contribution in [0.15, 0.2) is 28.7 Å². The Morgan fingerprint density at radius 3 is 2.56 bits per heavy atom. The van der Waals surface area contributed by atoms with E-state index in [1.807, 2.05) is 24.3 Å². The zero-order valence-corrected chi connectivity index (χ0v) is 10.7. The lowest BCUT2D eigenvalue weighted by molar-refractivity contribution is 0.0176. The van der Waals surface area contributed by atoms with Crippen LogP contribution < -0.4 is 5.32 Å². The highest BCUT2D eigenvalue weighted by Gasteiger charge is 2.30. The van der Waals surface area contributed by atoms with Crippen LogP contribution in [0.5, 0.6) is 0 Å². The van der Waals surface area contributed by atoms with Gasteiger partial charge in [0.2, 0.25) is 0 Å². The Balaban J connectivity index is 1.87. The van der Waals surface area contributed by atoms with Gasteiger partial charge in [0.15, 0.2) is 0 Å². The number of methoxy groups -OCH3 is 1. The summed E-state index contributed by atoms with van der Waals surface area (Å²) in [4.78, 5) is 11.8. The van der Waals surface area contributed by atoms with Gasteiger partial charge in [-0.15, -0.1) is 0 Å². The number of nitrogens with one attached hydrogen (secondary N) is 1. The molecule has 1 saturated carbocycles. The third-order valence-corrected chi connectivity index (χ3v) is 3.40. The van der Waals surface area contributed by atoms with Crippen molar-refractivity contribution in [2.45, 2.75) is 25.0 Å². The predicted octanol–water partition coefficient (Wildman–Crippen LogP) is 2.36. The van der Waals surface area contributed by atoms with Crippen molar-refractivity contribution in [1.29, 1.82) is 0 Å². The maximum Gasteiger partial charge on any atom is 0.251 e. The molecule has 1 aromatic rings. The summed E-state index contributed by atoms with van der Waals surface area (Å²) in [6.07, 6.45) is 2.15. The van der Waals surface area contributed by atoms with E-state index >= 15 is 0 Å². The smallest absolute Gasteiger partial charge is 0.251 e. The van der Waals surface area contributed by atoms with Gasteiger partial charge in [-0.3, -0.25) is 4.79 Å². The number of halogens is 1. The van der Waals surface area contributed by atoms with Crippen LogP contribution in [0.4, 0.5) is 0 Å². The van der Waals surface area contributed by atoms with Crippen molar-refractivity contribution in [3.05, 3.63) is 34.3 Å². The molecule has 0 atom stereocenters. The molecule has 0 spiro atoms. The first-order valence-corrected chi connectivity index (χ1v) is 6.07. The monoisotopic (exact) mass is 283 g/mol. The van der Waals surface area contributed by atoms with Crippen molar-refractivity contribution < 1.29 is 9.53 Å². The quantitative estimate of drug-likeness (QED) is 0.925. The molecule has 0 unspecified atom stereocenters. The second-order valence-corrected chi connectivity index (χ2v) is 4.92. The Labute approximate surface area is 103 Å². The zero-order chi connectivity index (χ0) is 11.5. The Kier molecular flexibility index (Phi) is 3.61. The summed E-state index contributed by atoms with van der Waals surface area (Å²) in [6, 6.07) is 7.63. The summed E-state index contributed by atoms with van der Waals surface area (Å²) >= 11 is 3.34. The van der Waals surface area contributed by atoms with Crippen molar-refractivity contribution in [1.82, 2.24) is 5.32 Å². The summed E-state index contributed by atoms with van der Waals surface area (Å²) < 4.78 is 6.14. The number of benzene rings is 1. The number of carbonyl (C=O) groups excluding carboxylic acids is 1. The van der Waals surface area contributed by atoms with Crippen molar-refractivity contribution in [2.24, 2.45) is 0 Å². The van der Waals surface area contributed by atoms with Crippen LogP contribution in [-0.4, -0.2) is 25.2 Å². The zero-order valence-electron chi connectivity index (χ0n) is 9.07. The highest BCUT2D eigenvalue weighted by molar-refractivity contribution is 9.10. The van der Waals surface area contributed by atoms with Gasteiger partial charge in [-0.05, 0) is 37.1 Å². The van der Waals surface area contributed by atoms with E-state index in [2.05, 4.69) is 21.2 Å². The second kappa shape index (κ2) is 4.97. The SMILES string of the molecule is COC1CC(NC(=O)c2ccc(Br)cc2)C1. The van der Waals surface area contributed by atoms with Gasteiger partial charge in [0.05, 0.1) is 6.10 Å². The highest BCUT2D eigenvalue weighted by atomic mass is 79.9. The molecule has 16 heavy (non-hydrogen) atoms. The first-order chi connectivity index (χ1) is 7.69. The van der Waals surface area contributed by atoms with E-state index in [4.69, 9.17) is 4.74 Å². The maximum atomic E-state index is 11.8. The summed E-state index contributed by atoms with van der Waals surface area (Å²) in [7, 11) is 1.71. The minimum atomic E-state index is -0.00736. The molecule has 86 valence electrons. The molecule has 1 aromatic carbocycles. The molecule has 1 fully saturated rings. The van der Waals surface area contributed by atoms with Crippen molar-refractivity contribution in [2.75, 3.05) is 7.11 Å². The number of hydrogen-bond donors (Lipinski definition) is 1. The largest absolute Gasteiger partial charge is 0.381 e. The molecule has 1 amide bonds. The summed E-state index contributed by atoms with van der Waals surface area (Å²) in [5, 5.41) is 2.98. The molecule has 2 rings (SSSR count). The van der Waals surface area contributed by atoms with Gasteiger partial charge in [0.25, 0.3) is 5.91 Å². The second-order valence-electron chi connectivity index (χ2n) is 4.01. The summed E-state index contributed by atoms with van der Waals surface area (Å²) in [5.74, 6) is -0.00736. The van der Waals surface area contributed by atoms with Gasteiger partial charge in [0, 0.05) is 23.2 Å². The fraction of sp³-hybridized carbons (Fsp3) is 0.417. The van der Waals surface area contributed by atoms with E-state index in [1.54, 1.807) is 7.11 Å². The molecule has 1 aliphatic carbocycles. The minimum Gasteiger partial charge on any atom is -0.381 e. The van der Waals surface area contributed by atoms with Crippen LogP contribution in [-0.2, 0) is 4.74 Å². The van der Waals surface area contributed by atoms with Gasteiger partial charge in [0.1, 0.15) is 0 Å². The molecule has 0 bridgehead atoms. The Morgan fingerprint density at radius 1 is 1.38 bits per heavy atom. The summed E-state index contributed by atoms with van der Waals surface area (Å²) in [5.41, 5.74) is 0.698. The topological polar surface area (TPSA) is 38.3 Å². The Bertz CT molecular complexity index is 371. The highest BCUT2D eigenvalue weighted by Crippen LogP contribution is 2.22. The third-order valence-electron chi connectivity index (χ3n) is 2.87. The number of amides is 1. The standard InChI is InChI=1S/C12H14BrNO2/c1-16-11-6-10(7-11)14-12(15)8-2-4-9(13)5-3-8/h2-5,10-11H,6-7H2,1H3,(H,14,15). The first-order valence-electron chi connectivity index (χ1n) is 5.28. The van der Waals surface area contributed by atoms with Gasteiger partial charge in [-0.1, -0.05) is 15.9 Å². The number of ether oxygens (including phenoxy) is 1. The minimum absolute atomic E-state index is 0.00736. The molecular weight excluding hydrogens is 270 g/mol. The molecule has 0 aliphatic heterocycles. The average molecular weight is 284 g/mol. The van der Waals surface area contributed by atoms with Crippen molar-refractivity contribution in [3.8, 4) is 0 Å². The molecular formula is C12H14BrNO2. The lowest BCUT2D eigenvalue weighted by Gasteiger charge is -2.34. The fourth-order valence-corrected chi connectivity index (χ4v) is 2.01. The lowest BCUT2D eigenvalue weighted by atomic mass is 9.89. The molecule has 0 radical (unpaired) electrons. The Morgan fingerprint density at radius 2 is 2.00 bits per heavy atom. The van der Waals surface area contributed by atoms with Gasteiger partial charge >= 0.3 is 0 Å². The molecule has 3 nitrogen and oxygen atoms in total. The van der Waals surface area contributed by atoms with E-state index < -0.39 is 0 Å². The van der Waals surface area contributed by atoms with Gasteiger partial charge in [-0.25, -0.2) is 0 Å². The van der Waals surface area contributed by atoms with Gasteiger partial charge in [-0.2, -0.15) is 0 Å². The van der Waals surface area contributed by atoms with E-state index in [1.165, 1.54) is 0 Å². The Hall–Kier alpha value is -0.870. The van der Waals surface area contributed by atoms with Crippen molar-refractivity contribution in [3.63, 3.8) is 0 Å². The van der Waals surface area contributed by atoms with E-state index in [0.717, 1.165) is 17.3 Å². The normalized spacial score (nSPS) is 23.6. The van der Waals surface area contributed by atoms with E-state index in [-0.39, 0.29) is 11.9 Å². The predicted molar refractivity (Wildman–Crippen MR) is 65.4 cm³/mol. The summed E-state index contributed by atoms with van der Waals surface area (Å²) in [6.45, 7) is 0. The average Bonchev–Trinajstić information content (AvgIpc) is 2.23. The van der Waals surface area contributed by atoms with Crippen LogP contribution in [0.1, 0.15) is 23.2 Å². The van der Waals surface area contributed by atoms with Crippen LogP contribution in [0.25, 0.3) is 0 Å². The maximum absolute atomic E-state index is 11.8. The van der Waals surface area contributed by atoms with E-state index in [9.17, 15) is 4.79 Å². The lowest BCUT2D eigenvalue weighted by Crippen LogP contribution is -2.47. The molecule has 1 aliphatic rings. The van der Waals surface area contributed by atoms with Gasteiger partial charge < -0.3 is 10.1 Å². The van der Waals surface area contributed by atoms with Crippen LogP contribution in [0.3, 0.4) is 0 Å². The van der Waals surface area contributed by atoms with Crippen LogP contribution in [0.2, 0.25) is 0 Å². The van der Waals surface area contributed by atoms with E-state index in [0.29, 0.717) is 11.7 Å². The third kappa shape index (κ3) is 2.62. The number of hydrogen-bond acceptors (Lipinski definition) is 2. The molecule has 4 heteroatoms. The fourth-order valence-electron chi connectivity index (χ4n) is 1.75. The van der Waals surface area contributed by atoms with Crippen LogP contribution >= 0.6 is 15.9 Å². The van der Waals surface area contributed by atoms with Crippen molar-refractivity contribution >= 4 is 21.8 Å². The molecule has 0 heterocycles. The number of carbonyl (C=O) groups is 1. The first kappa shape index (κ1) is 11.6. The number of rotatable bonds is 3.